The van der Waals surface area contributed by atoms with Crippen LogP contribution < -0.4 is 10.6 Å². The maximum Gasteiger partial charge on any atom is 0.245 e. The molecule has 0 radical (unpaired) electrons. The van der Waals surface area contributed by atoms with Crippen LogP contribution in [0.2, 0.25) is 0 Å². The zero-order valence-corrected chi connectivity index (χ0v) is 15.2. The molecule has 0 atom stereocenters. The average Bonchev–Trinajstić information content (AvgIpc) is 3.15. The number of hydrogen-bond acceptors (Lipinski definition) is 4. The Morgan fingerprint density at radius 1 is 1.20 bits per heavy atom. The number of hydrogen-bond donors (Lipinski definition) is 3. The van der Waals surface area contributed by atoms with Crippen LogP contribution in [0.3, 0.4) is 0 Å². The number of aromatic nitrogens is 2. The fraction of sp³-hybridized carbons (Fsp3) is 0.278. The van der Waals surface area contributed by atoms with Gasteiger partial charge in [0.25, 0.3) is 0 Å². The van der Waals surface area contributed by atoms with Crippen molar-refractivity contribution in [2.24, 2.45) is 0 Å². The third-order valence-electron chi connectivity index (χ3n) is 4.03. The summed E-state index contributed by atoms with van der Waals surface area (Å²) in [6.45, 7) is 5.99. The van der Waals surface area contributed by atoms with E-state index in [0.717, 1.165) is 33.3 Å². The molecule has 0 fully saturated rings. The third kappa shape index (κ3) is 3.88. The lowest BCUT2D eigenvalue weighted by Gasteiger charge is -2.06. The summed E-state index contributed by atoms with van der Waals surface area (Å²) in [4.78, 5) is 31.4. The number of amides is 2. The second-order valence-electron chi connectivity index (χ2n) is 6.07. The topological polar surface area (TPSA) is 86.9 Å². The van der Waals surface area contributed by atoms with Crippen molar-refractivity contribution < 1.29 is 9.59 Å². The first-order chi connectivity index (χ1) is 11.9. The summed E-state index contributed by atoms with van der Waals surface area (Å²) in [5.41, 5.74) is 5.33. The number of H-pyrrole nitrogens is 1. The Bertz CT molecular complexity index is 928. The van der Waals surface area contributed by atoms with Gasteiger partial charge in [-0.25, -0.2) is 4.98 Å². The van der Waals surface area contributed by atoms with Crippen LogP contribution in [0, 0.1) is 20.8 Å². The summed E-state index contributed by atoms with van der Waals surface area (Å²) >= 11 is 1.34. The van der Waals surface area contributed by atoms with E-state index in [0.29, 0.717) is 5.13 Å². The number of carbonyl (C=O) groups excluding carboxylic acids is 2. The molecule has 1 aromatic carbocycles. The Labute approximate surface area is 149 Å². The lowest BCUT2D eigenvalue weighted by atomic mass is 10.0. The maximum absolute atomic E-state index is 12.3. The van der Waals surface area contributed by atoms with Crippen LogP contribution >= 0.6 is 11.3 Å². The Balaban J connectivity index is 1.66. The molecule has 0 unspecified atom stereocenters. The molecule has 0 saturated carbocycles. The predicted molar refractivity (Wildman–Crippen MR) is 100.0 cm³/mol. The van der Waals surface area contributed by atoms with Crippen molar-refractivity contribution in [3.63, 3.8) is 0 Å². The van der Waals surface area contributed by atoms with Gasteiger partial charge in [-0.3, -0.25) is 9.59 Å². The summed E-state index contributed by atoms with van der Waals surface area (Å²) in [5, 5.41) is 8.67. The summed E-state index contributed by atoms with van der Waals surface area (Å²) < 4.78 is 0. The molecule has 0 spiro atoms. The predicted octanol–water partition coefficient (Wildman–Crippen LogP) is 2.85. The van der Waals surface area contributed by atoms with Crippen LogP contribution in [0.4, 0.5) is 5.13 Å². The SMILES string of the molecule is Cc1cc(C)c2[nH]c(C)c(CC(=O)NCC(=O)Nc3nccs3)c2c1. The highest BCUT2D eigenvalue weighted by molar-refractivity contribution is 7.13. The van der Waals surface area contributed by atoms with E-state index in [2.05, 4.69) is 39.7 Å². The molecular weight excluding hydrogens is 336 g/mol. The molecule has 7 heteroatoms. The molecule has 0 aliphatic heterocycles. The normalized spacial score (nSPS) is 10.8. The minimum absolute atomic E-state index is 0.0716. The number of aryl methyl sites for hydroxylation is 3. The first kappa shape index (κ1) is 17.2. The van der Waals surface area contributed by atoms with Gasteiger partial charge in [0, 0.05) is 28.2 Å². The number of aromatic amines is 1. The van der Waals surface area contributed by atoms with E-state index >= 15 is 0 Å². The number of carbonyl (C=O) groups is 2. The molecule has 0 bridgehead atoms. The molecule has 6 nitrogen and oxygen atoms in total. The van der Waals surface area contributed by atoms with E-state index in [1.807, 2.05) is 13.8 Å². The van der Waals surface area contributed by atoms with Gasteiger partial charge in [0.05, 0.1) is 13.0 Å². The van der Waals surface area contributed by atoms with Crippen LogP contribution in [0.1, 0.15) is 22.4 Å². The van der Waals surface area contributed by atoms with Crippen LogP contribution in [-0.4, -0.2) is 28.3 Å². The first-order valence-corrected chi connectivity index (χ1v) is 8.86. The molecule has 0 aliphatic rings. The van der Waals surface area contributed by atoms with Gasteiger partial charge in [-0.15, -0.1) is 11.3 Å². The number of benzene rings is 1. The van der Waals surface area contributed by atoms with Crippen molar-refractivity contribution in [3.05, 3.63) is 46.1 Å². The number of nitrogens with one attached hydrogen (secondary N) is 3. The van der Waals surface area contributed by atoms with E-state index in [9.17, 15) is 9.59 Å². The largest absolute Gasteiger partial charge is 0.358 e. The van der Waals surface area contributed by atoms with Crippen molar-refractivity contribution in [1.82, 2.24) is 15.3 Å². The maximum atomic E-state index is 12.3. The number of fused-ring (bicyclic) bond motifs is 1. The molecular formula is C18H20N4O2S. The molecule has 3 N–H and O–H groups in total. The van der Waals surface area contributed by atoms with Crippen LogP contribution in [0.15, 0.2) is 23.7 Å². The minimum Gasteiger partial charge on any atom is -0.358 e. The van der Waals surface area contributed by atoms with E-state index < -0.39 is 0 Å². The number of anilines is 1. The van der Waals surface area contributed by atoms with Crippen LogP contribution in [0.5, 0.6) is 0 Å². The smallest absolute Gasteiger partial charge is 0.245 e. The van der Waals surface area contributed by atoms with E-state index in [1.165, 1.54) is 11.3 Å². The second kappa shape index (κ2) is 7.06. The first-order valence-electron chi connectivity index (χ1n) is 7.98. The third-order valence-corrected chi connectivity index (χ3v) is 4.72. The average molecular weight is 356 g/mol. The van der Waals surface area contributed by atoms with Gasteiger partial charge in [-0.1, -0.05) is 11.6 Å². The summed E-state index contributed by atoms with van der Waals surface area (Å²) in [5.74, 6) is -0.469. The number of nitrogens with zero attached hydrogens (tertiary/aromatic N) is 1. The Hall–Kier alpha value is -2.67. The lowest BCUT2D eigenvalue weighted by Crippen LogP contribution is -2.33. The van der Waals surface area contributed by atoms with Gasteiger partial charge >= 0.3 is 0 Å². The summed E-state index contributed by atoms with van der Waals surface area (Å²) in [6, 6.07) is 4.20. The summed E-state index contributed by atoms with van der Waals surface area (Å²) in [7, 11) is 0. The minimum atomic E-state index is -0.286. The quantitative estimate of drug-likeness (QED) is 0.657. The summed E-state index contributed by atoms with van der Waals surface area (Å²) in [6.07, 6.45) is 1.85. The highest BCUT2D eigenvalue weighted by Crippen LogP contribution is 2.26. The van der Waals surface area contributed by atoms with Crippen molar-refractivity contribution >= 4 is 39.2 Å². The van der Waals surface area contributed by atoms with E-state index in [1.54, 1.807) is 11.6 Å². The monoisotopic (exact) mass is 356 g/mol. The van der Waals surface area contributed by atoms with Gasteiger partial charge in [0.1, 0.15) is 0 Å². The van der Waals surface area contributed by atoms with Crippen LogP contribution in [0.25, 0.3) is 10.9 Å². The highest BCUT2D eigenvalue weighted by Gasteiger charge is 2.15. The van der Waals surface area contributed by atoms with Crippen LogP contribution in [-0.2, 0) is 16.0 Å². The molecule has 0 saturated heterocycles. The van der Waals surface area contributed by atoms with Gasteiger partial charge in [0.2, 0.25) is 11.8 Å². The van der Waals surface area contributed by atoms with Crippen molar-refractivity contribution in [2.75, 3.05) is 11.9 Å². The molecule has 0 aliphatic carbocycles. The molecule has 25 heavy (non-hydrogen) atoms. The standard InChI is InChI=1S/C18H20N4O2S/c1-10-6-11(2)17-14(7-10)13(12(3)21-17)8-15(23)20-9-16(24)22-18-19-4-5-25-18/h4-7,21H,8-9H2,1-3H3,(H,20,23)(H,19,22,24). The second-order valence-corrected chi connectivity index (χ2v) is 6.97. The Morgan fingerprint density at radius 2 is 2.00 bits per heavy atom. The van der Waals surface area contributed by atoms with E-state index in [-0.39, 0.29) is 24.8 Å². The Morgan fingerprint density at radius 3 is 2.72 bits per heavy atom. The number of thiazole rings is 1. The molecule has 2 aromatic heterocycles. The molecule has 130 valence electrons. The molecule has 2 heterocycles. The zero-order valence-electron chi connectivity index (χ0n) is 14.4. The van der Waals surface area contributed by atoms with Crippen molar-refractivity contribution in [3.8, 4) is 0 Å². The molecule has 3 rings (SSSR count). The number of rotatable bonds is 5. The fourth-order valence-electron chi connectivity index (χ4n) is 2.91. The highest BCUT2D eigenvalue weighted by atomic mass is 32.1. The van der Waals surface area contributed by atoms with Crippen molar-refractivity contribution in [1.29, 1.82) is 0 Å². The lowest BCUT2D eigenvalue weighted by molar-refractivity contribution is -0.123. The van der Waals surface area contributed by atoms with Crippen molar-refractivity contribution in [2.45, 2.75) is 27.2 Å². The fourth-order valence-corrected chi connectivity index (χ4v) is 3.46. The van der Waals surface area contributed by atoms with Gasteiger partial charge < -0.3 is 15.6 Å². The van der Waals surface area contributed by atoms with Gasteiger partial charge in [0.15, 0.2) is 5.13 Å². The molecule has 3 aromatic rings. The van der Waals surface area contributed by atoms with Gasteiger partial charge in [-0.05, 0) is 38.0 Å². The molecule has 2 amide bonds. The van der Waals surface area contributed by atoms with Gasteiger partial charge in [-0.2, -0.15) is 0 Å². The Kier molecular flexibility index (Phi) is 4.85. The zero-order chi connectivity index (χ0) is 18.0. The van der Waals surface area contributed by atoms with E-state index in [4.69, 9.17) is 0 Å².